The third-order valence-electron chi connectivity index (χ3n) is 6.59. The summed E-state index contributed by atoms with van der Waals surface area (Å²) in [4.78, 5) is 35.6. The third-order valence-corrected chi connectivity index (χ3v) is 7.48. The summed E-state index contributed by atoms with van der Waals surface area (Å²) in [5.41, 5.74) is 3.76. The van der Waals surface area contributed by atoms with Crippen LogP contribution in [-0.2, 0) is 14.3 Å². The number of anilines is 1. The van der Waals surface area contributed by atoms with Crippen LogP contribution >= 0.6 is 11.8 Å². The van der Waals surface area contributed by atoms with Crippen molar-refractivity contribution in [3.05, 3.63) is 88.6 Å². The first-order valence-corrected chi connectivity index (χ1v) is 13.4. The quantitative estimate of drug-likeness (QED) is 0.555. The van der Waals surface area contributed by atoms with Gasteiger partial charge in [-0.3, -0.25) is 14.5 Å². The molecule has 0 radical (unpaired) electrons. The number of para-hydroxylation sites is 1. The van der Waals surface area contributed by atoms with Crippen LogP contribution in [0, 0.1) is 0 Å². The molecule has 3 aliphatic rings. The minimum Gasteiger partial charge on any atom is -0.379 e. The van der Waals surface area contributed by atoms with Crippen LogP contribution in [0.2, 0.25) is 0 Å². The van der Waals surface area contributed by atoms with Gasteiger partial charge in [0.1, 0.15) is 0 Å². The van der Waals surface area contributed by atoms with Crippen LogP contribution in [0.5, 0.6) is 0 Å². The highest BCUT2D eigenvalue weighted by molar-refractivity contribution is 8.16. The zero-order valence-corrected chi connectivity index (χ0v) is 21.7. The molecule has 9 heteroatoms. The summed E-state index contributed by atoms with van der Waals surface area (Å²) >= 11 is 1.49. The number of fused-ring (bicyclic) bond motifs is 1. The average Bonchev–Trinajstić information content (AvgIpc) is 3.31. The van der Waals surface area contributed by atoms with Crippen molar-refractivity contribution in [3.63, 3.8) is 0 Å². The lowest BCUT2D eigenvalue weighted by atomic mass is 9.93. The lowest BCUT2D eigenvalue weighted by Crippen LogP contribution is -2.42. The summed E-state index contributed by atoms with van der Waals surface area (Å²) in [5.74, 6) is -0.249. The maximum Gasteiger partial charge on any atom is 0.255 e. The summed E-state index contributed by atoms with van der Waals surface area (Å²) in [6, 6.07) is 18.9. The van der Waals surface area contributed by atoms with Crippen LogP contribution in [0.15, 0.2) is 88.0 Å². The molecule has 3 heterocycles. The highest BCUT2D eigenvalue weighted by atomic mass is 32.2. The number of amidine groups is 1. The Hall–Kier alpha value is -3.40. The number of carbonyl (C=O) groups is 2. The van der Waals surface area contributed by atoms with Gasteiger partial charge in [0.05, 0.1) is 36.9 Å². The predicted molar refractivity (Wildman–Crippen MR) is 147 cm³/mol. The number of hydrogen-bond donors (Lipinski definition) is 2. The monoisotopic (exact) mass is 517 g/mol. The fourth-order valence-electron chi connectivity index (χ4n) is 4.74. The summed E-state index contributed by atoms with van der Waals surface area (Å²) in [6.07, 6.45) is 0.213. The lowest BCUT2D eigenvalue weighted by Gasteiger charge is -2.36. The molecular weight excluding hydrogens is 486 g/mol. The van der Waals surface area contributed by atoms with Crippen molar-refractivity contribution >= 4 is 34.4 Å². The molecule has 0 spiro atoms. The number of carbonyl (C=O) groups excluding carboxylic acids is 2. The van der Waals surface area contributed by atoms with E-state index in [4.69, 9.17) is 9.73 Å². The molecule has 192 valence electrons. The van der Waals surface area contributed by atoms with Gasteiger partial charge >= 0.3 is 0 Å². The number of thioether (sulfide) groups is 1. The number of hydrogen-bond acceptors (Lipinski definition) is 7. The van der Waals surface area contributed by atoms with Crippen LogP contribution < -0.4 is 10.6 Å². The predicted octanol–water partition coefficient (Wildman–Crippen LogP) is 3.74. The molecule has 0 saturated carbocycles. The minimum atomic E-state index is -0.389. The first kappa shape index (κ1) is 25.3. The molecule has 1 saturated heterocycles. The second-order valence-corrected chi connectivity index (χ2v) is 9.94. The Bertz CT molecular complexity index is 1220. The van der Waals surface area contributed by atoms with Gasteiger partial charge in [0.25, 0.3) is 5.91 Å². The van der Waals surface area contributed by atoms with Crippen molar-refractivity contribution in [2.24, 2.45) is 4.99 Å². The third kappa shape index (κ3) is 5.95. The van der Waals surface area contributed by atoms with E-state index in [0.717, 1.165) is 55.0 Å². The Labute approximate surface area is 221 Å². The maximum atomic E-state index is 13.6. The number of rotatable bonds is 8. The molecule has 0 aromatic heterocycles. The van der Waals surface area contributed by atoms with Gasteiger partial charge in [0.15, 0.2) is 5.17 Å². The summed E-state index contributed by atoms with van der Waals surface area (Å²) < 4.78 is 5.39. The van der Waals surface area contributed by atoms with Gasteiger partial charge in [0, 0.05) is 37.6 Å². The first-order valence-electron chi connectivity index (χ1n) is 12.5. The maximum absolute atomic E-state index is 13.6. The van der Waals surface area contributed by atoms with Gasteiger partial charge in [-0.15, -0.1) is 0 Å². The Morgan fingerprint density at radius 2 is 1.76 bits per heavy atom. The van der Waals surface area contributed by atoms with Crippen LogP contribution in [0.1, 0.15) is 24.9 Å². The van der Waals surface area contributed by atoms with E-state index in [9.17, 15) is 9.59 Å². The van der Waals surface area contributed by atoms with E-state index in [0.29, 0.717) is 17.8 Å². The molecule has 1 atom stereocenters. The van der Waals surface area contributed by atoms with Gasteiger partial charge in [-0.25, -0.2) is 4.99 Å². The Balaban J connectivity index is 1.34. The molecule has 2 amide bonds. The number of benzene rings is 2. The van der Waals surface area contributed by atoms with Crippen molar-refractivity contribution in [1.29, 1.82) is 0 Å². The molecule has 2 N–H and O–H groups in total. The van der Waals surface area contributed by atoms with Crippen molar-refractivity contribution in [3.8, 4) is 0 Å². The molecular formula is C28H31N5O3S. The SMILES string of the molecule is CC1=C(C(=O)Nc2ccccc2)C(c2ccccc2)N2C(CC(=O)NCCN3CCOCC3)=CSC2=N1. The molecule has 2 aromatic carbocycles. The molecule has 0 bridgehead atoms. The van der Waals surface area contributed by atoms with Crippen molar-refractivity contribution in [2.45, 2.75) is 19.4 Å². The second-order valence-electron chi connectivity index (χ2n) is 9.10. The van der Waals surface area contributed by atoms with E-state index in [-0.39, 0.29) is 24.3 Å². The largest absolute Gasteiger partial charge is 0.379 e. The van der Waals surface area contributed by atoms with Crippen molar-refractivity contribution in [2.75, 3.05) is 44.7 Å². The number of nitrogens with one attached hydrogen (secondary N) is 2. The van der Waals surface area contributed by atoms with Gasteiger partial charge in [0.2, 0.25) is 5.91 Å². The number of morpholine rings is 1. The Morgan fingerprint density at radius 3 is 2.49 bits per heavy atom. The molecule has 8 nitrogen and oxygen atoms in total. The Kier molecular flexibility index (Phi) is 8.03. The molecule has 3 aliphatic heterocycles. The van der Waals surface area contributed by atoms with Gasteiger partial charge < -0.3 is 20.3 Å². The number of allylic oxidation sites excluding steroid dienone is 1. The summed E-state index contributed by atoms with van der Waals surface area (Å²) in [7, 11) is 0. The fourth-order valence-corrected chi connectivity index (χ4v) is 5.70. The zero-order chi connectivity index (χ0) is 25.6. The lowest BCUT2D eigenvalue weighted by molar-refractivity contribution is -0.120. The highest BCUT2D eigenvalue weighted by Crippen LogP contribution is 2.44. The van der Waals surface area contributed by atoms with E-state index < -0.39 is 0 Å². The molecule has 1 fully saturated rings. The first-order chi connectivity index (χ1) is 18.1. The number of amides is 2. The van der Waals surface area contributed by atoms with Gasteiger partial charge in [-0.1, -0.05) is 60.3 Å². The number of ether oxygens (including phenoxy) is 1. The van der Waals surface area contributed by atoms with Gasteiger partial charge in [-0.05, 0) is 30.0 Å². The number of nitrogens with zero attached hydrogens (tertiary/aromatic N) is 3. The van der Waals surface area contributed by atoms with E-state index in [1.54, 1.807) is 0 Å². The number of aliphatic imine (C=N–C) groups is 1. The normalized spacial score (nSPS) is 19.7. The van der Waals surface area contributed by atoms with Crippen molar-refractivity contribution in [1.82, 2.24) is 15.1 Å². The van der Waals surface area contributed by atoms with Crippen LogP contribution in [-0.4, -0.2) is 66.2 Å². The molecule has 5 rings (SSSR count). The summed E-state index contributed by atoms with van der Waals surface area (Å²) in [6.45, 7) is 6.53. The van der Waals surface area contributed by atoms with Crippen LogP contribution in [0.3, 0.4) is 0 Å². The van der Waals surface area contributed by atoms with E-state index >= 15 is 0 Å². The zero-order valence-electron chi connectivity index (χ0n) is 20.9. The highest BCUT2D eigenvalue weighted by Gasteiger charge is 2.40. The molecule has 37 heavy (non-hydrogen) atoms. The minimum absolute atomic E-state index is 0.0465. The topological polar surface area (TPSA) is 86.3 Å². The van der Waals surface area contributed by atoms with Crippen LogP contribution in [0.4, 0.5) is 5.69 Å². The van der Waals surface area contributed by atoms with E-state index in [2.05, 4.69) is 15.5 Å². The van der Waals surface area contributed by atoms with E-state index in [1.165, 1.54) is 11.8 Å². The van der Waals surface area contributed by atoms with Crippen LogP contribution in [0.25, 0.3) is 0 Å². The second kappa shape index (κ2) is 11.8. The molecule has 2 aromatic rings. The standard InChI is InChI=1S/C28H31N5O3S/c1-20-25(27(35)31-22-10-6-3-7-11-22)26(21-8-4-2-5-9-21)33-23(19-37-28(33)30-20)18-24(34)29-12-13-32-14-16-36-17-15-32/h2-11,19,26H,12-18H2,1H3,(H,29,34)(H,31,35). The van der Waals surface area contributed by atoms with Gasteiger partial charge in [-0.2, -0.15) is 0 Å². The van der Waals surface area contributed by atoms with Crippen molar-refractivity contribution < 1.29 is 14.3 Å². The summed E-state index contributed by atoms with van der Waals surface area (Å²) in [5, 5.41) is 8.83. The smallest absolute Gasteiger partial charge is 0.255 e. The van der Waals surface area contributed by atoms with E-state index in [1.807, 2.05) is 77.9 Å². The average molecular weight is 518 g/mol. The molecule has 0 aliphatic carbocycles. The fraction of sp³-hybridized carbons (Fsp3) is 0.321. The molecule has 1 unspecified atom stereocenters. The Morgan fingerprint density at radius 1 is 1.05 bits per heavy atom.